The third-order valence-electron chi connectivity index (χ3n) is 4.76. The van der Waals surface area contributed by atoms with Gasteiger partial charge in [-0.1, -0.05) is 31.1 Å². The molecule has 4 N–H and O–H groups in total. The van der Waals surface area contributed by atoms with Gasteiger partial charge in [0, 0.05) is 19.4 Å². The van der Waals surface area contributed by atoms with Gasteiger partial charge in [-0.25, -0.2) is 23.6 Å². The number of carbonyl (C=O) groups excluding carboxylic acids is 2. The van der Waals surface area contributed by atoms with Crippen LogP contribution in [-0.2, 0) is 19.6 Å². The molecule has 0 saturated heterocycles. The van der Waals surface area contributed by atoms with Gasteiger partial charge in [0.15, 0.2) is 5.13 Å². The maximum absolute atomic E-state index is 12.9. The van der Waals surface area contributed by atoms with Crippen LogP contribution in [0, 0.1) is 6.92 Å². The molecule has 1 aromatic carbocycles. The molecule has 0 aliphatic rings. The third kappa shape index (κ3) is 7.77. The van der Waals surface area contributed by atoms with Gasteiger partial charge < -0.3 is 10.1 Å². The zero-order valence-corrected chi connectivity index (χ0v) is 20.6. The zero-order chi connectivity index (χ0) is 24.4. The second-order valence-electron chi connectivity index (χ2n) is 7.34. The average Bonchev–Trinajstić information content (AvgIpc) is 3.15. The summed E-state index contributed by atoms with van der Waals surface area (Å²) in [6.07, 6.45) is 3.45. The van der Waals surface area contributed by atoms with E-state index in [4.69, 9.17) is 9.94 Å². The number of sulfonamides is 1. The maximum Gasteiger partial charge on any atom is 0.244 e. The van der Waals surface area contributed by atoms with Crippen LogP contribution in [0.5, 0.6) is 5.75 Å². The first kappa shape index (κ1) is 26.7. The molecule has 0 aliphatic heterocycles. The Morgan fingerprint density at radius 1 is 1.15 bits per heavy atom. The van der Waals surface area contributed by atoms with Crippen LogP contribution in [0.25, 0.3) is 10.4 Å². The molecule has 0 atom stereocenters. The van der Waals surface area contributed by atoms with Crippen LogP contribution in [0.2, 0.25) is 0 Å². The monoisotopic (exact) mass is 498 g/mol. The largest absolute Gasteiger partial charge is 0.495 e. The van der Waals surface area contributed by atoms with Crippen LogP contribution in [0.3, 0.4) is 0 Å². The van der Waals surface area contributed by atoms with Gasteiger partial charge in [0.25, 0.3) is 0 Å². The molecule has 12 heteroatoms. The molecule has 0 aliphatic carbocycles. The van der Waals surface area contributed by atoms with Crippen LogP contribution in [0.1, 0.15) is 51.1 Å². The number of hydrogen-bond donors (Lipinski definition) is 4. The van der Waals surface area contributed by atoms with Gasteiger partial charge in [0.1, 0.15) is 10.6 Å². The molecule has 0 radical (unpaired) electrons. The first-order valence-corrected chi connectivity index (χ1v) is 12.9. The number of unbranched alkanes of at least 4 members (excludes halogenated alkanes) is 2. The summed E-state index contributed by atoms with van der Waals surface area (Å²) in [5, 5.41) is 11.8. The summed E-state index contributed by atoms with van der Waals surface area (Å²) in [5.74, 6) is -0.519. The van der Waals surface area contributed by atoms with Crippen LogP contribution in [0.15, 0.2) is 23.1 Å². The second kappa shape index (κ2) is 12.6. The lowest BCUT2D eigenvalue weighted by Gasteiger charge is -2.12. The maximum atomic E-state index is 12.9. The number of carbonyl (C=O) groups is 2. The lowest BCUT2D eigenvalue weighted by Crippen LogP contribution is -2.27. The van der Waals surface area contributed by atoms with Gasteiger partial charge in [0.2, 0.25) is 21.8 Å². The van der Waals surface area contributed by atoms with E-state index in [2.05, 4.69) is 21.9 Å². The number of ether oxygens (including phenoxy) is 1. The van der Waals surface area contributed by atoms with Crippen molar-refractivity contribution in [3.8, 4) is 16.2 Å². The Balaban J connectivity index is 2.21. The summed E-state index contributed by atoms with van der Waals surface area (Å²) >= 11 is 1.27. The molecule has 0 saturated carbocycles. The van der Waals surface area contributed by atoms with Crippen molar-refractivity contribution in [3.63, 3.8) is 0 Å². The molecule has 2 aromatic rings. The normalized spacial score (nSPS) is 11.3. The molecule has 2 amide bonds. The summed E-state index contributed by atoms with van der Waals surface area (Å²) in [6.45, 7) is 3.88. The first-order valence-electron chi connectivity index (χ1n) is 10.6. The molecule has 0 unspecified atom stereocenters. The number of rotatable bonds is 13. The molecule has 0 spiro atoms. The molecule has 0 fully saturated rings. The second-order valence-corrected chi connectivity index (χ2v) is 10.1. The number of hydroxylamine groups is 1. The predicted octanol–water partition coefficient (Wildman–Crippen LogP) is 3.21. The van der Waals surface area contributed by atoms with Crippen molar-refractivity contribution < 1.29 is 28.0 Å². The van der Waals surface area contributed by atoms with Crippen molar-refractivity contribution in [2.75, 3.05) is 19.0 Å². The summed E-state index contributed by atoms with van der Waals surface area (Å²) in [7, 11) is -2.55. The zero-order valence-electron chi connectivity index (χ0n) is 18.9. The van der Waals surface area contributed by atoms with Crippen LogP contribution >= 0.6 is 11.3 Å². The van der Waals surface area contributed by atoms with Crippen molar-refractivity contribution in [3.05, 3.63) is 23.9 Å². The molecule has 1 aromatic heterocycles. The van der Waals surface area contributed by atoms with E-state index in [1.54, 1.807) is 19.1 Å². The van der Waals surface area contributed by atoms with Gasteiger partial charge in [0.05, 0.1) is 17.7 Å². The molecule has 0 bridgehead atoms. The number of hydrogen-bond acceptors (Lipinski definition) is 8. The van der Waals surface area contributed by atoms with Crippen molar-refractivity contribution in [2.24, 2.45) is 0 Å². The van der Waals surface area contributed by atoms with E-state index in [0.717, 1.165) is 24.1 Å². The summed E-state index contributed by atoms with van der Waals surface area (Å²) < 4.78 is 33.4. The van der Waals surface area contributed by atoms with Crippen molar-refractivity contribution in [1.29, 1.82) is 0 Å². The highest BCUT2D eigenvalue weighted by molar-refractivity contribution is 7.89. The summed E-state index contributed by atoms with van der Waals surface area (Å²) in [6, 6.07) is 4.79. The standard InChI is InChI=1S/C21H30N4O6S2/c1-4-5-6-8-18(26)24-21-23-14(2)20(32-21)15-10-11-16(31-3)17(13-15)33(29,30)22-12-7-9-19(27)25-28/h10-11,13,22,28H,4-9,12H2,1-3H3,(H,25,27)(H,23,24,26). The lowest BCUT2D eigenvalue weighted by atomic mass is 10.1. The average molecular weight is 499 g/mol. The molecule has 2 rings (SSSR count). The Kier molecular flexibility index (Phi) is 10.2. The van der Waals surface area contributed by atoms with E-state index >= 15 is 0 Å². The molecule has 1 heterocycles. The number of methoxy groups -OCH3 is 1. The van der Waals surface area contributed by atoms with Crippen LogP contribution in [-0.4, -0.2) is 44.1 Å². The Morgan fingerprint density at radius 3 is 2.55 bits per heavy atom. The highest BCUT2D eigenvalue weighted by Gasteiger charge is 2.22. The number of aromatic nitrogens is 1. The number of amides is 2. The number of benzene rings is 1. The molecule has 10 nitrogen and oxygen atoms in total. The van der Waals surface area contributed by atoms with Gasteiger partial charge in [-0.2, -0.15) is 0 Å². The molecular formula is C21H30N4O6S2. The van der Waals surface area contributed by atoms with Crippen molar-refractivity contribution in [2.45, 2.75) is 57.3 Å². The number of thiazole rings is 1. The number of nitrogens with zero attached hydrogens (tertiary/aromatic N) is 1. The Hall–Kier alpha value is -2.54. The quantitative estimate of drug-likeness (QED) is 0.188. The van der Waals surface area contributed by atoms with E-state index in [1.807, 2.05) is 0 Å². The van der Waals surface area contributed by atoms with Crippen molar-refractivity contribution >= 4 is 38.3 Å². The fourth-order valence-corrected chi connectivity index (χ4v) is 5.30. The minimum Gasteiger partial charge on any atom is -0.495 e. The van der Waals surface area contributed by atoms with E-state index in [9.17, 15) is 18.0 Å². The minimum atomic E-state index is -3.93. The number of aryl methyl sites for hydroxylation is 1. The van der Waals surface area contributed by atoms with E-state index < -0.39 is 15.9 Å². The van der Waals surface area contributed by atoms with Crippen LogP contribution in [0.4, 0.5) is 5.13 Å². The predicted molar refractivity (Wildman–Crippen MR) is 126 cm³/mol. The van der Waals surface area contributed by atoms with Crippen LogP contribution < -0.4 is 20.3 Å². The first-order chi connectivity index (χ1) is 15.7. The fraction of sp³-hybridized carbons (Fsp3) is 0.476. The number of nitrogens with one attached hydrogen (secondary N) is 3. The third-order valence-corrected chi connectivity index (χ3v) is 7.37. The van der Waals surface area contributed by atoms with Crippen molar-refractivity contribution in [1.82, 2.24) is 15.2 Å². The summed E-state index contributed by atoms with van der Waals surface area (Å²) in [5.41, 5.74) is 2.79. The fourth-order valence-electron chi connectivity index (χ4n) is 3.05. The Labute approximate surface area is 197 Å². The SMILES string of the molecule is CCCCCC(=O)Nc1nc(C)c(-c2ccc(OC)c(S(=O)(=O)NCCCC(=O)NO)c2)s1. The van der Waals surface area contributed by atoms with Gasteiger partial charge in [-0.05, 0) is 43.5 Å². The van der Waals surface area contributed by atoms with Gasteiger partial charge in [-0.15, -0.1) is 0 Å². The van der Waals surface area contributed by atoms with E-state index in [0.29, 0.717) is 22.8 Å². The van der Waals surface area contributed by atoms with Gasteiger partial charge >= 0.3 is 0 Å². The highest BCUT2D eigenvalue weighted by Crippen LogP contribution is 2.36. The minimum absolute atomic E-state index is 0.0108. The molecule has 33 heavy (non-hydrogen) atoms. The summed E-state index contributed by atoms with van der Waals surface area (Å²) in [4.78, 5) is 28.3. The lowest BCUT2D eigenvalue weighted by molar-refractivity contribution is -0.129. The highest BCUT2D eigenvalue weighted by atomic mass is 32.2. The van der Waals surface area contributed by atoms with Gasteiger partial charge in [-0.3, -0.25) is 14.8 Å². The Bertz CT molecular complexity index is 1070. The molecular weight excluding hydrogens is 468 g/mol. The van der Waals surface area contributed by atoms with E-state index in [-0.39, 0.29) is 35.9 Å². The topological polar surface area (TPSA) is 147 Å². The number of anilines is 1. The van der Waals surface area contributed by atoms with E-state index in [1.165, 1.54) is 30.0 Å². The Morgan fingerprint density at radius 2 is 1.88 bits per heavy atom. The molecule has 182 valence electrons. The smallest absolute Gasteiger partial charge is 0.244 e.